The van der Waals surface area contributed by atoms with Crippen LogP contribution in [0.2, 0.25) is 0 Å². The molecule has 3 heterocycles. The van der Waals surface area contributed by atoms with Crippen molar-refractivity contribution in [1.82, 2.24) is 24.7 Å². The van der Waals surface area contributed by atoms with Crippen LogP contribution < -0.4 is 20.1 Å². The Morgan fingerprint density at radius 1 is 1.02 bits per heavy atom. The Kier molecular flexibility index (Phi) is 9.03. The fourth-order valence-corrected chi connectivity index (χ4v) is 4.26. The summed E-state index contributed by atoms with van der Waals surface area (Å²) in [6.45, 7) is -0.0353. The second-order valence-corrected chi connectivity index (χ2v) is 11.2. The summed E-state index contributed by atoms with van der Waals surface area (Å²) in [4.78, 5) is 25.5. The highest BCUT2D eigenvalue weighted by Crippen LogP contribution is 2.32. The van der Waals surface area contributed by atoms with E-state index in [0.717, 1.165) is 30.3 Å². The summed E-state index contributed by atoms with van der Waals surface area (Å²) in [6.07, 6.45) is 0.0898. The first kappa shape index (κ1) is 31.0. The summed E-state index contributed by atoms with van der Waals surface area (Å²) in [5, 5.41) is 9.41. The van der Waals surface area contributed by atoms with Gasteiger partial charge in [0, 0.05) is 66.4 Å². The Bertz CT molecular complexity index is 1720. The summed E-state index contributed by atoms with van der Waals surface area (Å²) in [6, 6.07) is 7.08. The highest BCUT2D eigenvalue weighted by atomic mass is 32.2. The van der Waals surface area contributed by atoms with Crippen LogP contribution in [0.1, 0.15) is 16.1 Å². The van der Waals surface area contributed by atoms with Gasteiger partial charge >= 0.3 is 12.1 Å². The van der Waals surface area contributed by atoms with Crippen molar-refractivity contribution in [2.75, 3.05) is 50.5 Å². The molecule has 0 aliphatic rings. The number of alkyl halides is 3. The van der Waals surface area contributed by atoms with Crippen LogP contribution in [0.25, 0.3) is 16.9 Å². The molecule has 0 atom stereocenters. The Hall–Kier alpha value is -4.93. The van der Waals surface area contributed by atoms with Gasteiger partial charge in [-0.1, -0.05) is 0 Å². The molecule has 1 aromatic carbocycles. The Morgan fingerprint density at radius 2 is 1.72 bits per heavy atom. The number of nitrogens with zero attached hydrogens (tertiary/aromatic N) is 5. The Morgan fingerprint density at radius 3 is 2.30 bits per heavy atom. The Labute approximate surface area is 244 Å². The van der Waals surface area contributed by atoms with Crippen molar-refractivity contribution >= 4 is 33.3 Å². The molecule has 4 aromatic rings. The van der Waals surface area contributed by atoms with Crippen molar-refractivity contribution in [1.29, 1.82) is 0 Å². The van der Waals surface area contributed by atoms with Crippen LogP contribution in [0.3, 0.4) is 0 Å². The monoisotopic (exact) mass is 621 g/mol. The van der Waals surface area contributed by atoms with E-state index in [1.54, 1.807) is 18.2 Å². The van der Waals surface area contributed by atoms with Crippen LogP contribution in [0.5, 0.6) is 11.5 Å². The molecular weight excluding hydrogens is 595 g/mol. The van der Waals surface area contributed by atoms with Crippen LogP contribution in [-0.4, -0.2) is 79.0 Å². The maximum Gasteiger partial charge on any atom is 0.435 e. The standard InChI is InChI=1S/C26H26F3N7O6S/c1-40-17-10-16(11-18(12-17)41-2)33-25-32-14-20(23(34-25)36-7-5-21(35-36)26(27,28)29)15-9-19(24(37)42-3)22(31-13-15)30-6-8-43(4,38)39/h5,7,9-14H,6,8H2,1-4H3,(H,30,31)(H,32,33,34). The summed E-state index contributed by atoms with van der Waals surface area (Å²) >= 11 is 0. The van der Waals surface area contributed by atoms with Crippen molar-refractivity contribution in [2.45, 2.75) is 6.18 Å². The van der Waals surface area contributed by atoms with E-state index in [1.165, 1.54) is 32.7 Å². The van der Waals surface area contributed by atoms with Gasteiger partial charge in [0.05, 0.1) is 27.1 Å². The Balaban J connectivity index is 1.81. The maximum absolute atomic E-state index is 13.4. The first-order valence-corrected chi connectivity index (χ1v) is 14.4. The third-order valence-electron chi connectivity index (χ3n) is 5.84. The molecule has 0 radical (unpaired) electrons. The molecular formula is C26H26F3N7O6S. The number of nitrogens with one attached hydrogen (secondary N) is 2. The SMILES string of the molecule is COC(=O)c1cc(-c2cnc(Nc3cc(OC)cc(OC)c3)nc2-n2ccc(C(F)(F)F)n2)cnc1NCCS(C)(=O)=O. The molecule has 3 aromatic heterocycles. The van der Waals surface area contributed by atoms with E-state index in [9.17, 15) is 26.4 Å². The molecule has 2 N–H and O–H groups in total. The van der Waals surface area contributed by atoms with Gasteiger partial charge in [-0.05, 0) is 12.1 Å². The van der Waals surface area contributed by atoms with Gasteiger partial charge in [-0.25, -0.2) is 27.9 Å². The van der Waals surface area contributed by atoms with E-state index >= 15 is 0 Å². The zero-order valence-corrected chi connectivity index (χ0v) is 24.1. The summed E-state index contributed by atoms with van der Waals surface area (Å²) in [5.74, 6) is -0.104. The number of ether oxygens (including phenoxy) is 3. The maximum atomic E-state index is 13.4. The molecule has 0 fully saturated rings. The lowest BCUT2D eigenvalue weighted by Gasteiger charge is -2.15. The quantitative estimate of drug-likeness (QED) is 0.234. The number of aromatic nitrogens is 5. The number of halogens is 3. The lowest BCUT2D eigenvalue weighted by molar-refractivity contribution is -0.141. The highest BCUT2D eigenvalue weighted by molar-refractivity contribution is 7.90. The largest absolute Gasteiger partial charge is 0.497 e. The van der Waals surface area contributed by atoms with E-state index in [4.69, 9.17) is 14.2 Å². The van der Waals surface area contributed by atoms with E-state index in [2.05, 4.69) is 30.7 Å². The summed E-state index contributed by atoms with van der Waals surface area (Å²) in [5.41, 5.74) is -0.330. The number of anilines is 3. The number of carbonyl (C=O) groups excluding carboxylic acids is 1. The second kappa shape index (κ2) is 12.5. The van der Waals surface area contributed by atoms with E-state index in [-0.39, 0.29) is 46.6 Å². The van der Waals surface area contributed by atoms with Gasteiger partial charge in [0.15, 0.2) is 11.5 Å². The van der Waals surface area contributed by atoms with Gasteiger partial charge in [0.25, 0.3) is 0 Å². The fraction of sp³-hybridized carbons (Fsp3) is 0.269. The average molecular weight is 622 g/mol. The number of esters is 1. The van der Waals surface area contributed by atoms with E-state index in [0.29, 0.717) is 17.2 Å². The predicted octanol–water partition coefficient (Wildman–Crippen LogP) is 3.75. The number of methoxy groups -OCH3 is 3. The zero-order valence-electron chi connectivity index (χ0n) is 23.3. The van der Waals surface area contributed by atoms with Crippen LogP contribution in [-0.2, 0) is 20.8 Å². The molecule has 0 spiro atoms. The molecule has 4 rings (SSSR count). The number of rotatable bonds is 11. The average Bonchev–Trinajstić information content (AvgIpc) is 3.47. The molecule has 0 amide bonds. The molecule has 0 saturated carbocycles. The molecule has 13 nitrogen and oxygen atoms in total. The zero-order chi connectivity index (χ0) is 31.4. The number of hydrogen-bond acceptors (Lipinski definition) is 12. The van der Waals surface area contributed by atoms with Gasteiger partial charge in [-0.3, -0.25) is 0 Å². The molecule has 228 valence electrons. The van der Waals surface area contributed by atoms with E-state index in [1.807, 2.05) is 0 Å². The van der Waals surface area contributed by atoms with Crippen LogP contribution in [0.15, 0.2) is 48.9 Å². The van der Waals surface area contributed by atoms with Gasteiger partial charge < -0.3 is 24.8 Å². The molecule has 0 saturated heterocycles. The van der Waals surface area contributed by atoms with E-state index < -0.39 is 27.7 Å². The van der Waals surface area contributed by atoms with Gasteiger partial charge in [0.1, 0.15) is 32.7 Å². The molecule has 43 heavy (non-hydrogen) atoms. The predicted molar refractivity (Wildman–Crippen MR) is 150 cm³/mol. The molecule has 0 bridgehead atoms. The fourth-order valence-electron chi connectivity index (χ4n) is 3.79. The van der Waals surface area contributed by atoms with Crippen molar-refractivity contribution in [3.05, 3.63) is 60.2 Å². The first-order valence-electron chi connectivity index (χ1n) is 12.3. The highest BCUT2D eigenvalue weighted by Gasteiger charge is 2.34. The second-order valence-electron chi connectivity index (χ2n) is 8.97. The van der Waals surface area contributed by atoms with Gasteiger partial charge in [-0.15, -0.1) is 0 Å². The van der Waals surface area contributed by atoms with Crippen molar-refractivity contribution in [3.63, 3.8) is 0 Å². The van der Waals surface area contributed by atoms with Crippen molar-refractivity contribution < 1.29 is 40.6 Å². The summed E-state index contributed by atoms with van der Waals surface area (Å²) < 4.78 is 79.5. The van der Waals surface area contributed by atoms with Crippen molar-refractivity contribution in [2.24, 2.45) is 0 Å². The lowest BCUT2D eigenvalue weighted by atomic mass is 10.1. The summed E-state index contributed by atoms with van der Waals surface area (Å²) in [7, 11) is 0.803. The topological polar surface area (TPSA) is 159 Å². The van der Waals surface area contributed by atoms with Gasteiger partial charge in [0.2, 0.25) is 5.95 Å². The van der Waals surface area contributed by atoms with Crippen molar-refractivity contribution in [3.8, 4) is 28.4 Å². The number of carbonyl (C=O) groups is 1. The van der Waals surface area contributed by atoms with Crippen LogP contribution in [0.4, 0.5) is 30.6 Å². The molecule has 17 heteroatoms. The van der Waals surface area contributed by atoms with Crippen LogP contribution >= 0.6 is 0 Å². The lowest BCUT2D eigenvalue weighted by Crippen LogP contribution is -2.17. The van der Waals surface area contributed by atoms with Crippen LogP contribution in [0, 0.1) is 0 Å². The normalized spacial score (nSPS) is 11.6. The first-order chi connectivity index (χ1) is 20.3. The molecule has 0 aliphatic heterocycles. The number of pyridine rings is 1. The third-order valence-corrected chi connectivity index (χ3v) is 6.79. The smallest absolute Gasteiger partial charge is 0.435 e. The molecule has 0 unspecified atom stereocenters. The number of hydrogen-bond donors (Lipinski definition) is 2. The van der Waals surface area contributed by atoms with Gasteiger partial charge in [-0.2, -0.15) is 23.3 Å². The number of sulfone groups is 1. The minimum absolute atomic E-state index is 0.00155. The minimum Gasteiger partial charge on any atom is -0.497 e. The minimum atomic E-state index is -4.71. The number of benzene rings is 1. The third kappa shape index (κ3) is 7.68. The molecule has 0 aliphatic carbocycles.